The van der Waals surface area contributed by atoms with Crippen molar-refractivity contribution in [3.8, 4) is 0 Å². The number of nitrogens with zero attached hydrogens (tertiary/aromatic N) is 1. The Hall–Kier alpha value is 0.110. The van der Waals surface area contributed by atoms with Crippen molar-refractivity contribution in [3.63, 3.8) is 0 Å². The van der Waals surface area contributed by atoms with Crippen LogP contribution in [0.1, 0.15) is 6.42 Å². The molecule has 0 N–H and O–H groups in total. The average Bonchev–Trinajstić information content (AvgIpc) is 1.23. The van der Waals surface area contributed by atoms with Crippen molar-refractivity contribution >= 4 is 11.0 Å². The second-order valence-corrected chi connectivity index (χ2v) is 3.07. The van der Waals surface area contributed by atoms with Crippen molar-refractivity contribution in [2.45, 2.75) is 6.42 Å². The molecule has 1 fully saturated rings. The summed E-state index contributed by atoms with van der Waals surface area (Å²) >= 11 is 0. The Balaban J connectivity index is 2.27. The zero-order valence-corrected chi connectivity index (χ0v) is 5.20. The Bertz CT molecular complexity index is 89.7. The first-order chi connectivity index (χ1) is 3.30. The van der Waals surface area contributed by atoms with Crippen LogP contribution in [-0.4, -0.2) is 27.9 Å². The van der Waals surface area contributed by atoms with Gasteiger partial charge in [0, 0.05) is 19.3 Å². The van der Waals surface area contributed by atoms with Gasteiger partial charge in [-0.25, -0.2) is 8.51 Å². The Morgan fingerprint density at radius 3 is 2.14 bits per heavy atom. The highest BCUT2D eigenvalue weighted by molar-refractivity contribution is 7.81. The molecule has 0 aromatic carbocycles. The predicted molar refractivity (Wildman–Crippen MR) is 30.3 cm³/mol. The summed E-state index contributed by atoms with van der Waals surface area (Å²) in [6.07, 6.45) is 2.94. The average molecular weight is 119 g/mol. The van der Waals surface area contributed by atoms with Gasteiger partial charge in [-0.15, -0.1) is 0 Å². The first kappa shape index (κ1) is 5.25. The van der Waals surface area contributed by atoms with E-state index in [4.69, 9.17) is 0 Å². The normalized spacial score (nSPS) is 26.4. The van der Waals surface area contributed by atoms with E-state index in [1.54, 1.807) is 6.26 Å². The van der Waals surface area contributed by atoms with Crippen LogP contribution in [0.25, 0.3) is 0 Å². The van der Waals surface area contributed by atoms with Crippen LogP contribution in [0.5, 0.6) is 0 Å². The van der Waals surface area contributed by atoms with E-state index in [2.05, 4.69) is 0 Å². The third kappa shape index (κ3) is 1.01. The molecule has 1 unspecified atom stereocenters. The molecule has 0 saturated carbocycles. The van der Waals surface area contributed by atoms with Crippen LogP contribution in [0, 0.1) is 0 Å². The molecule has 0 amide bonds. The maximum absolute atomic E-state index is 10.5. The van der Waals surface area contributed by atoms with E-state index >= 15 is 0 Å². The van der Waals surface area contributed by atoms with Gasteiger partial charge in [-0.1, -0.05) is 0 Å². The third-order valence-corrected chi connectivity index (χ3v) is 2.27. The van der Waals surface area contributed by atoms with E-state index in [0.717, 1.165) is 13.1 Å². The smallest absolute Gasteiger partial charge is 0.0910 e. The Labute approximate surface area is 46.1 Å². The van der Waals surface area contributed by atoms with Crippen LogP contribution in [0.3, 0.4) is 0 Å². The van der Waals surface area contributed by atoms with Gasteiger partial charge in [-0.3, -0.25) is 0 Å². The topological polar surface area (TPSA) is 20.3 Å². The van der Waals surface area contributed by atoms with Gasteiger partial charge in [0.1, 0.15) is 0 Å². The minimum Gasteiger partial charge on any atom is -0.243 e. The van der Waals surface area contributed by atoms with Crippen molar-refractivity contribution < 1.29 is 4.21 Å². The van der Waals surface area contributed by atoms with Gasteiger partial charge in [-0.05, 0) is 6.42 Å². The fraction of sp³-hybridized carbons (Fsp3) is 1.00. The molecule has 0 aromatic rings. The van der Waals surface area contributed by atoms with E-state index in [-0.39, 0.29) is 0 Å². The van der Waals surface area contributed by atoms with Crippen molar-refractivity contribution in [2.24, 2.45) is 0 Å². The molecule has 0 aliphatic carbocycles. The highest BCUT2D eigenvalue weighted by atomic mass is 32.2. The first-order valence-electron chi connectivity index (χ1n) is 2.39. The van der Waals surface area contributed by atoms with Crippen LogP contribution < -0.4 is 0 Å². The van der Waals surface area contributed by atoms with Crippen molar-refractivity contribution in [3.05, 3.63) is 0 Å². The van der Waals surface area contributed by atoms with E-state index < -0.39 is 11.0 Å². The monoisotopic (exact) mass is 119 g/mol. The molecule has 3 heteroatoms. The van der Waals surface area contributed by atoms with Gasteiger partial charge in [-0.2, -0.15) is 0 Å². The van der Waals surface area contributed by atoms with Gasteiger partial charge >= 0.3 is 0 Å². The van der Waals surface area contributed by atoms with E-state index in [1.807, 2.05) is 4.31 Å². The second kappa shape index (κ2) is 1.92. The minimum atomic E-state index is -0.690. The number of hydrogen-bond acceptors (Lipinski definition) is 1. The van der Waals surface area contributed by atoms with Crippen molar-refractivity contribution in [1.82, 2.24) is 4.31 Å². The Morgan fingerprint density at radius 2 is 2.14 bits per heavy atom. The van der Waals surface area contributed by atoms with Crippen LogP contribution in [0.15, 0.2) is 0 Å². The molecule has 1 saturated heterocycles. The van der Waals surface area contributed by atoms with Gasteiger partial charge < -0.3 is 0 Å². The zero-order valence-electron chi connectivity index (χ0n) is 4.39. The van der Waals surface area contributed by atoms with Gasteiger partial charge in [0.2, 0.25) is 0 Å². The molecule has 1 atom stereocenters. The lowest BCUT2D eigenvalue weighted by Gasteiger charge is -2.26. The van der Waals surface area contributed by atoms with E-state index in [1.165, 1.54) is 6.42 Å². The lowest BCUT2D eigenvalue weighted by atomic mass is 10.3. The molecule has 0 aromatic heterocycles. The maximum Gasteiger partial charge on any atom is 0.0910 e. The van der Waals surface area contributed by atoms with Gasteiger partial charge in [0.05, 0.1) is 11.0 Å². The molecule has 1 aliphatic rings. The van der Waals surface area contributed by atoms with Crippen LogP contribution in [0.4, 0.5) is 0 Å². The second-order valence-electron chi connectivity index (χ2n) is 1.71. The molecule has 2 nitrogen and oxygen atoms in total. The molecule has 1 heterocycles. The number of hydrogen-bond donors (Lipinski definition) is 0. The molecule has 0 bridgehead atoms. The summed E-state index contributed by atoms with van der Waals surface area (Å²) in [6, 6.07) is 0. The molecule has 1 aliphatic heterocycles. The largest absolute Gasteiger partial charge is 0.243 e. The molecule has 0 radical (unpaired) electrons. The molecule has 0 spiro atoms. The summed E-state index contributed by atoms with van der Waals surface area (Å²) in [4.78, 5) is 0. The quantitative estimate of drug-likeness (QED) is 0.475. The summed E-state index contributed by atoms with van der Waals surface area (Å²) in [5.74, 6) is 0. The fourth-order valence-electron chi connectivity index (χ4n) is 0.544. The highest BCUT2D eigenvalue weighted by Gasteiger charge is 2.15. The van der Waals surface area contributed by atoms with Gasteiger partial charge in [0.15, 0.2) is 0 Å². The summed E-state index contributed by atoms with van der Waals surface area (Å²) in [7, 11) is -0.690. The molecular weight excluding hydrogens is 110 g/mol. The van der Waals surface area contributed by atoms with Crippen molar-refractivity contribution in [1.29, 1.82) is 0 Å². The van der Waals surface area contributed by atoms with Crippen LogP contribution in [-0.2, 0) is 11.0 Å². The Kier molecular flexibility index (Phi) is 1.44. The van der Waals surface area contributed by atoms with E-state index in [0.29, 0.717) is 0 Å². The standard InChI is InChI=1S/C4H9NOS/c1-7(6)5-3-2-4-5/h2-4H2,1H3. The summed E-state index contributed by atoms with van der Waals surface area (Å²) in [5.41, 5.74) is 0. The molecule has 42 valence electrons. The first-order valence-corrected chi connectivity index (χ1v) is 3.90. The maximum atomic E-state index is 10.5. The van der Waals surface area contributed by atoms with Crippen molar-refractivity contribution in [2.75, 3.05) is 19.3 Å². The third-order valence-electron chi connectivity index (χ3n) is 1.18. The van der Waals surface area contributed by atoms with E-state index in [9.17, 15) is 4.21 Å². The Morgan fingerprint density at radius 1 is 1.57 bits per heavy atom. The zero-order chi connectivity index (χ0) is 5.28. The SMILES string of the molecule is CS(=O)N1CCC1. The van der Waals surface area contributed by atoms with Gasteiger partial charge in [0.25, 0.3) is 0 Å². The summed E-state index contributed by atoms with van der Waals surface area (Å²) in [6.45, 7) is 2.06. The van der Waals surface area contributed by atoms with Crippen LogP contribution >= 0.6 is 0 Å². The van der Waals surface area contributed by atoms with Crippen LogP contribution in [0.2, 0.25) is 0 Å². The fourth-order valence-corrected chi connectivity index (χ4v) is 1.32. The lowest BCUT2D eigenvalue weighted by Crippen LogP contribution is -2.37. The summed E-state index contributed by atoms with van der Waals surface area (Å²) in [5, 5.41) is 0. The molecular formula is C4H9NOS. The lowest BCUT2D eigenvalue weighted by molar-refractivity contribution is 0.330. The minimum absolute atomic E-state index is 0.690. The molecule has 7 heavy (non-hydrogen) atoms. The number of rotatable bonds is 1. The summed E-state index contributed by atoms with van der Waals surface area (Å²) < 4.78 is 12.4. The highest BCUT2D eigenvalue weighted by Crippen LogP contribution is 2.05. The molecule has 1 rings (SSSR count). The predicted octanol–water partition coefficient (Wildman–Crippen LogP) is -0.0144.